The van der Waals surface area contributed by atoms with E-state index in [-0.39, 0.29) is 17.9 Å². The van der Waals surface area contributed by atoms with Gasteiger partial charge >= 0.3 is 5.97 Å². The summed E-state index contributed by atoms with van der Waals surface area (Å²) in [6, 6.07) is 5.65. The summed E-state index contributed by atoms with van der Waals surface area (Å²) < 4.78 is 35.6. The molecular weight excluding hydrogens is 533 g/mol. The molecule has 0 radical (unpaired) electrons. The van der Waals surface area contributed by atoms with Crippen LogP contribution < -0.4 is 9.47 Å². The summed E-state index contributed by atoms with van der Waals surface area (Å²) in [7, 11) is 3.27. The van der Waals surface area contributed by atoms with Gasteiger partial charge in [0.15, 0.2) is 11.5 Å². The highest BCUT2D eigenvalue weighted by atomic mass is 35.5. The molecule has 0 N–H and O–H groups in total. The van der Waals surface area contributed by atoms with E-state index in [1.165, 1.54) is 7.11 Å². The Bertz CT molecular complexity index is 1660. The van der Waals surface area contributed by atoms with E-state index in [1.807, 2.05) is 58.4 Å². The molecule has 4 aromatic rings. The number of hydrogen-bond donors (Lipinski definition) is 0. The summed E-state index contributed by atoms with van der Waals surface area (Å²) in [6.45, 7) is 9.90. The lowest BCUT2D eigenvalue weighted by molar-refractivity contribution is -0.139. The summed E-state index contributed by atoms with van der Waals surface area (Å²) >= 11 is 6.23. The molecule has 0 saturated carbocycles. The van der Waals surface area contributed by atoms with Gasteiger partial charge in [0.2, 0.25) is 5.82 Å². The van der Waals surface area contributed by atoms with Crippen LogP contribution in [0.2, 0.25) is 5.15 Å². The maximum atomic E-state index is 16.4. The number of nitrogens with zero attached hydrogens (tertiary/aromatic N) is 3. The molecule has 1 aliphatic rings. The molecule has 0 aliphatic carbocycles. The highest BCUT2D eigenvalue weighted by Gasteiger charge is 2.33. The van der Waals surface area contributed by atoms with E-state index < -0.39 is 17.4 Å². The molecule has 9 heteroatoms. The van der Waals surface area contributed by atoms with Crippen molar-refractivity contribution in [3.63, 3.8) is 0 Å². The minimum absolute atomic E-state index is 0.0322. The topological polar surface area (TPSA) is 75.5 Å². The van der Waals surface area contributed by atoms with E-state index in [9.17, 15) is 4.79 Å². The number of aryl methyl sites for hydroxylation is 2. The Kier molecular flexibility index (Phi) is 7.25. The number of fused-ring (bicyclic) bond motifs is 2. The minimum Gasteiger partial charge on any atom is -0.490 e. The molecule has 0 spiro atoms. The van der Waals surface area contributed by atoms with Crippen LogP contribution in [0, 0.1) is 19.7 Å². The van der Waals surface area contributed by atoms with Crippen LogP contribution in [0.3, 0.4) is 0 Å². The van der Waals surface area contributed by atoms with Gasteiger partial charge in [-0.15, -0.1) is 0 Å². The predicted molar refractivity (Wildman–Crippen MR) is 154 cm³/mol. The number of ether oxygens (including phenoxy) is 3. The first-order valence-corrected chi connectivity index (χ1v) is 13.6. The van der Waals surface area contributed by atoms with Crippen molar-refractivity contribution in [3.8, 4) is 33.9 Å². The molecule has 7 nitrogen and oxygen atoms in total. The molecule has 1 aromatic carbocycles. The van der Waals surface area contributed by atoms with Crippen LogP contribution in [0.15, 0.2) is 24.4 Å². The van der Waals surface area contributed by atoms with E-state index in [0.717, 1.165) is 34.2 Å². The summed E-state index contributed by atoms with van der Waals surface area (Å²) in [5.74, 6) is -0.612. The quantitative estimate of drug-likeness (QED) is 0.193. The van der Waals surface area contributed by atoms with Gasteiger partial charge in [-0.2, -0.15) is 4.39 Å². The number of halogens is 2. The number of hydrogen-bond acceptors (Lipinski definition) is 6. The lowest BCUT2D eigenvalue weighted by atomic mass is 9.86. The molecular formula is C31H33ClFN3O4. The van der Waals surface area contributed by atoms with Crippen molar-refractivity contribution in [1.29, 1.82) is 0 Å². The number of pyridine rings is 2. The number of carbonyl (C=O) groups excluding carboxylic acids is 1. The number of methoxy groups -OCH3 is 1. The molecule has 3 aromatic heterocycles. The van der Waals surface area contributed by atoms with Crippen LogP contribution >= 0.6 is 11.6 Å². The molecule has 0 fully saturated rings. The van der Waals surface area contributed by atoms with Crippen LogP contribution in [0.25, 0.3) is 33.4 Å². The van der Waals surface area contributed by atoms with Crippen molar-refractivity contribution >= 4 is 28.6 Å². The Hall–Kier alpha value is -3.65. The Labute approximate surface area is 238 Å². The molecule has 0 atom stereocenters. The number of aromatic nitrogens is 3. The zero-order valence-corrected chi connectivity index (χ0v) is 24.6. The molecule has 40 heavy (non-hydrogen) atoms. The molecule has 0 amide bonds. The van der Waals surface area contributed by atoms with E-state index in [0.29, 0.717) is 46.2 Å². The van der Waals surface area contributed by atoms with Gasteiger partial charge in [0.05, 0.1) is 25.8 Å². The first-order chi connectivity index (χ1) is 18.9. The van der Waals surface area contributed by atoms with Gasteiger partial charge in [-0.3, -0.25) is 4.79 Å². The van der Waals surface area contributed by atoms with Gasteiger partial charge in [-0.1, -0.05) is 11.6 Å². The van der Waals surface area contributed by atoms with Crippen molar-refractivity contribution in [3.05, 3.63) is 57.8 Å². The van der Waals surface area contributed by atoms with E-state index in [2.05, 4.69) is 4.98 Å². The number of rotatable bonds is 5. The molecule has 210 valence electrons. The maximum absolute atomic E-state index is 16.4. The number of carbonyl (C=O) groups is 1. The first kappa shape index (κ1) is 27.9. The molecule has 1 aliphatic heterocycles. The van der Waals surface area contributed by atoms with E-state index >= 15 is 4.39 Å². The van der Waals surface area contributed by atoms with Crippen LogP contribution in [-0.2, 0) is 29.4 Å². The second-order valence-corrected chi connectivity index (χ2v) is 11.5. The lowest BCUT2D eigenvalue weighted by Crippen LogP contribution is -2.25. The second-order valence-electron chi connectivity index (χ2n) is 11.1. The average molecular weight is 566 g/mol. The zero-order chi connectivity index (χ0) is 28.9. The van der Waals surface area contributed by atoms with Crippen LogP contribution in [0.4, 0.5) is 4.39 Å². The number of benzene rings is 1. The monoisotopic (exact) mass is 565 g/mol. The highest BCUT2D eigenvalue weighted by Crippen LogP contribution is 2.49. The maximum Gasteiger partial charge on any atom is 0.310 e. The third kappa shape index (κ3) is 4.89. The van der Waals surface area contributed by atoms with Crippen LogP contribution in [0.1, 0.15) is 49.6 Å². The van der Waals surface area contributed by atoms with Crippen molar-refractivity contribution in [2.24, 2.45) is 7.05 Å². The van der Waals surface area contributed by atoms with Crippen LogP contribution in [-0.4, -0.2) is 39.8 Å². The molecule has 0 unspecified atom stereocenters. The Morgan fingerprint density at radius 3 is 2.65 bits per heavy atom. The molecule has 0 saturated heterocycles. The molecule has 0 bridgehead atoms. The normalized spacial score (nSPS) is 13.2. The summed E-state index contributed by atoms with van der Waals surface area (Å²) in [5, 5.41) is 1.12. The smallest absolute Gasteiger partial charge is 0.310 e. The van der Waals surface area contributed by atoms with E-state index in [1.54, 1.807) is 12.3 Å². The van der Waals surface area contributed by atoms with Crippen molar-refractivity contribution < 1.29 is 23.4 Å². The molecule has 5 rings (SSSR count). The fourth-order valence-electron chi connectivity index (χ4n) is 5.45. The largest absolute Gasteiger partial charge is 0.490 e. The summed E-state index contributed by atoms with van der Waals surface area (Å²) in [4.78, 5) is 21.7. The van der Waals surface area contributed by atoms with Crippen LogP contribution in [0.5, 0.6) is 11.5 Å². The predicted octanol–water partition coefficient (Wildman–Crippen LogP) is 6.93. The zero-order valence-electron chi connectivity index (χ0n) is 23.9. The third-order valence-corrected chi connectivity index (χ3v) is 7.46. The van der Waals surface area contributed by atoms with Gasteiger partial charge in [0.25, 0.3) is 0 Å². The SMILES string of the molecule is COC(=O)Cc1c(C)nc2c(cc(-c3ccnc(Cl)c3)n2C)c1-c1c(C)c2c(c(F)c1OC(C)(C)C)OCCC2. The third-order valence-electron chi connectivity index (χ3n) is 7.26. The van der Waals surface area contributed by atoms with Gasteiger partial charge < -0.3 is 18.8 Å². The first-order valence-electron chi connectivity index (χ1n) is 13.3. The van der Waals surface area contributed by atoms with Gasteiger partial charge in [0, 0.05) is 46.6 Å². The van der Waals surface area contributed by atoms with E-state index in [4.69, 9.17) is 30.8 Å². The molecule has 4 heterocycles. The van der Waals surface area contributed by atoms with Crippen molar-refractivity contribution in [2.45, 2.75) is 59.5 Å². The Morgan fingerprint density at radius 1 is 1.23 bits per heavy atom. The highest BCUT2D eigenvalue weighted by molar-refractivity contribution is 6.29. The van der Waals surface area contributed by atoms with Gasteiger partial charge in [-0.05, 0) is 76.8 Å². The fraction of sp³-hybridized carbons (Fsp3) is 0.387. The second kappa shape index (κ2) is 10.4. The van der Waals surface area contributed by atoms with Crippen molar-refractivity contribution in [1.82, 2.24) is 14.5 Å². The lowest BCUT2D eigenvalue weighted by Gasteiger charge is -2.30. The Balaban J connectivity index is 1.94. The van der Waals surface area contributed by atoms with Gasteiger partial charge in [0.1, 0.15) is 16.4 Å². The summed E-state index contributed by atoms with van der Waals surface area (Å²) in [5.41, 5.74) is 5.92. The fourth-order valence-corrected chi connectivity index (χ4v) is 5.63. The van der Waals surface area contributed by atoms with Gasteiger partial charge in [-0.25, -0.2) is 9.97 Å². The minimum atomic E-state index is -0.704. The summed E-state index contributed by atoms with van der Waals surface area (Å²) in [6.07, 6.45) is 3.08. The average Bonchev–Trinajstić information content (AvgIpc) is 3.23. The number of esters is 1. The Morgan fingerprint density at radius 2 is 1.98 bits per heavy atom. The standard InChI is InChI=1S/C31H33ClFN3O4/c1-16-19-9-8-12-39-28(19)27(33)29(40-31(3,4)5)25(16)26-20(15-24(37)38-7)17(2)35-30-21(26)14-22(36(30)6)18-10-11-34-23(32)13-18/h10-11,13-14H,8-9,12,15H2,1-7H3. The van der Waals surface area contributed by atoms with Crippen molar-refractivity contribution in [2.75, 3.05) is 13.7 Å².